The number of carbonyl (C=O) groups excluding carboxylic acids is 3. The number of pyridine rings is 1. The molecule has 0 bridgehead atoms. The van der Waals surface area contributed by atoms with Gasteiger partial charge in [0, 0.05) is 41.7 Å². The smallest absolute Gasteiger partial charge is 0.294 e. The third kappa shape index (κ3) is 4.14. The van der Waals surface area contributed by atoms with Gasteiger partial charge >= 0.3 is 0 Å². The first-order valence-corrected chi connectivity index (χ1v) is 12.3. The second-order valence-corrected chi connectivity index (χ2v) is 9.74. The maximum Gasteiger partial charge on any atom is 0.294 e. The molecular formula is C26H26N4O3S. The molecule has 0 radical (unpaired) electrons. The number of aryl methyl sites for hydroxylation is 1. The number of rotatable bonds is 4. The Labute approximate surface area is 202 Å². The number of likely N-dealkylation sites (tertiary alicyclic amines) is 1. The van der Waals surface area contributed by atoms with Gasteiger partial charge in [-0.15, -0.1) is 0 Å². The summed E-state index contributed by atoms with van der Waals surface area (Å²) in [4.78, 5) is 45.7. The van der Waals surface area contributed by atoms with Gasteiger partial charge in [0.25, 0.3) is 11.1 Å². The van der Waals surface area contributed by atoms with Crippen LogP contribution in [0.5, 0.6) is 0 Å². The van der Waals surface area contributed by atoms with Crippen molar-refractivity contribution >= 4 is 45.8 Å². The zero-order valence-corrected chi connectivity index (χ0v) is 20.1. The van der Waals surface area contributed by atoms with E-state index in [1.54, 1.807) is 17.2 Å². The predicted octanol–water partition coefficient (Wildman–Crippen LogP) is 4.69. The van der Waals surface area contributed by atoms with Crippen molar-refractivity contribution in [1.82, 2.24) is 19.4 Å². The summed E-state index contributed by atoms with van der Waals surface area (Å²) in [6, 6.07) is 12.1. The number of nitrogens with zero attached hydrogens (tertiary/aromatic N) is 4. The zero-order valence-electron chi connectivity index (χ0n) is 19.3. The average Bonchev–Trinajstić information content (AvgIpc) is 3.28. The maximum atomic E-state index is 13.0. The zero-order chi connectivity index (χ0) is 23.8. The minimum absolute atomic E-state index is 0.160. The van der Waals surface area contributed by atoms with Crippen LogP contribution < -0.4 is 0 Å². The van der Waals surface area contributed by atoms with Gasteiger partial charge in [-0.05, 0) is 86.8 Å². The number of piperidine rings is 1. The second kappa shape index (κ2) is 9.10. The Morgan fingerprint density at radius 1 is 1.09 bits per heavy atom. The van der Waals surface area contributed by atoms with Crippen molar-refractivity contribution in [3.05, 3.63) is 64.5 Å². The second-order valence-electron chi connectivity index (χ2n) is 8.75. The van der Waals surface area contributed by atoms with Crippen LogP contribution in [0.4, 0.5) is 4.79 Å². The Morgan fingerprint density at radius 3 is 2.68 bits per heavy atom. The highest BCUT2D eigenvalue weighted by molar-refractivity contribution is 8.18. The van der Waals surface area contributed by atoms with Crippen molar-refractivity contribution < 1.29 is 14.4 Å². The quantitative estimate of drug-likeness (QED) is 0.513. The van der Waals surface area contributed by atoms with Crippen molar-refractivity contribution in [2.45, 2.75) is 33.1 Å². The van der Waals surface area contributed by atoms with E-state index >= 15 is 0 Å². The molecule has 0 atom stereocenters. The molecule has 0 spiro atoms. The van der Waals surface area contributed by atoms with Crippen LogP contribution in [0.3, 0.4) is 0 Å². The number of benzene rings is 1. The molecular weight excluding hydrogens is 448 g/mol. The lowest BCUT2D eigenvalue weighted by atomic mass is 10.1. The standard InChI is InChI=1S/C26H26N4O3S/c1-17-13-20(18(2)30(17)21-8-9-22-19(14-21)7-6-10-27-22)15-23-25(32)29(26(33)34-23)16-24(31)28-11-4-3-5-12-28/h6-10,13-15H,3-5,11-12,16H2,1-2H3/b23-15-. The first kappa shape index (κ1) is 22.4. The molecule has 1 aromatic carbocycles. The monoisotopic (exact) mass is 474 g/mol. The molecule has 0 N–H and O–H groups in total. The molecule has 2 aromatic heterocycles. The van der Waals surface area contributed by atoms with Crippen LogP contribution in [0.2, 0.25) is 0 Å². The fourth-order valence-corrected chi connectivity index (χ4v) is 5.52. The van der Waals surface area contributed by atoms with Gasteiger partial charge in [0.05, 0.1) is 10.4 Å². The fourth-order valence-electron chi connectivity index (χ4n) is 4.69. The highest BCUT2D eigenvalue weighted by Gasteiger charge is 2.37. The largest absolute Gasteiger partial charge is 0.341 e. The molecule has 2 aliphatic heterocycles. The molecule has 2 fully saturated rings. The molecule has 5 rings (SSSR count). The number of thioether (sulfide) groups is 1. The summed E-state index contributed by atoms with van der Waals surface area (Å²) >= 11 is 0.897. The molecule has 0 unspecified atom stereocenters. The summed E-state index contributed by atoms with van der Waals surface area (Å²) in [5, 5.41) is 0.658. The van der Waals surface area contributed by atoms with Crippen molar-refractivity contribution in [1.29, 1.82) is 0 Å². The SMILES string of the molecule is Cc1cc(/C=C2\SC(=O)N(CC(=O)N3CCCCC3)C2=O)c(C)n1-c1ccc2ncccc2c1. The van der Waals surface area contributed by atoms with E-state index in [-0.39, 0.29) is 12.5 Å². The Balaban J connectivity index is 1.39. The number of hydrogen-bond acceptors (Lipinski definition) is 5. The summed E-state index contributed by atoms with van der Waals surface area (Å²) in [5.41, 5.74) is 4.80. The lowest BCUT2D eigenvalue weighted by Crippen LogP contribution is -2.44. The molecule has 2 saturated heterocycles. The van der Waals surface area contributed by atoms with Crippen molar-refractivity contribution in [2.75, 3.05) is 19.6 Å². The summed E-state index contributed by atoms with van der Waals surface area (Å²) in [5.74, 6) is -0.561. The van der Waals surface area contributed by atoms with Gasteiger partial charge in [-0.25, -0.2) is 0 Å². The van der Waals surface area contributed by atoms with E-state index in [2.05, 4.69) is 15.6 Å². The van der Waals surface area contributed by atoms with Crippen LogP contribution in [0.25, 0.3) is 22.7 Å². The average molecular weight is 475 g/mol. The van der Waals surface area contributed by atoms with E-state index in [0.717, 1.165) is 69.5 Å². The van der Waals surface area contributed by atoms with Crippen LogP contribution in [-0.4, -0.2) is 56.0 Å². The van der Waals surface area contributed by atoms with Gasteiger partial charge in [0.1, 0.15) is 6.54 Å². The minimum Gasteiger partial charge on any atom is -0.341 e. The molecule has 8 heteroatoms. The number of carbonyl (C=O) groups is 3. The van der Waals surface area contributed by atoms with E-state index in [9.17, 15) is 14.4 Å². The minimum atomic E-state index is -0.401. The van der Waals surface area contributed by atoms with Crippen LogP contribution in [-0.2, 0) is 9.59 Å². The van der Waals surface area contributed by atoms with Crippen molar-refractivity contribution in [2.24, 2.45) is 0 Å². The first-order chi connectivity index (χ1) is 16.4. The van der Waals surface area contributed by atoms with Gasteiger partial charge in [-0.3, -0.25) is 24.3 Å². The normalized spacial score (nSPS) is 17.9. The van der Waals surface area contributed by atoms with Gasteiger partial charge in [-0.1, -0.05) is 6.07 Å². The first-order valence-electron chi connectivity index (χ1n) is 11.5. The summed E-state index contributed by atoms with van der Waals surface area (Å²) in [6.07, 6.45) is 6.59. The molecule has 34 heavy (non-hydrogen) atoms. The van der Waals surface area contributed by atoms with Crippen LogP contribution in [0, 0.1) is 13.8 Å². The van der Waals surface area contributed by atoms with Crippen LogP contribution in [0.15, 0.2) is 47.5 Å². The summed E-state index contributed by atoms with van der Waals surface area (Å²) < 4.78 is 2.13. The van der Waals surface area contributed by atoms with Crippen LogP contribution in [0.1, 0.15) is 36.2 Å². The maximum absolute atomic E-state index is 13.0. The molecule has 3 aromatic rings. The van der Waals surface area contributed by atoms with E-state index in [4.69, 9.17) is 0 Å². The molecule has 7 nitrogen and oxygen atoms in total. The summed E-state index contributed by atoms with van der Waals surface area (Å²) in [7, 11) is 0. The highest BCUT2D eigenvalue weighted by atomic mass is 32.2. The number of amides is 3. The number of fused-ring (bicyclic) bond motifs is 1. The Hall–Kier alpha value is -3.39. The van der Waals surface area contributed by atoms with Gasteiger partial charge in [-0.2, -0.15) is 0 Å². The molecule has 0 aliphatic carbocycles. The molecule has 174 valence electrons. The molecule has 4 heterocycles. The third-order valence-electron chi connectivity index (χ3n) is 6.48. The Bertz CT molecular complexity index is 1340. The summed E-state index contributed by atoms with van der Waals surface area (Å²) in [6.45, 7) is 5.22. The Kier molecular flexibility index (Phi) is 6.00. The number of imide groups is 1. The van der Waals surface area contributed by atoms with Crippen molar-refractivity contribution in [3.63, 3.8) is 0 Å². The van der Waals surface area contributed by atoms with E-state index in [0.29, 0.717) is 18.0 Å². The lowest BCUT2D eigenvalue weighted by Gasteiger charge is -2.27. The molecule has 0 saturated carbocycles. The fraction of sp³-hybridized carbons (Fsp3) is 0.308. The third-order valence-corrected chi connectivity index (χ3v) is 7.38. The molecule has 3 amide bonds. The van der Waals surface area contributed by atoms with E-state index in [1.807, 2.05) is 44.2 Å². The lowest BCUT2D eigenvalue weighted by molar-refractivity contribution is -0.136. The van der Waals surface area contributed by atoms with Gasteiger partial charge in [0.15, 0.2) is 0 Å². The van der Waals surface area contributed by atoms with Crippen LogP contribution >= 0.6 is 11.8 Å². The van der Waals surface area contributed by atoms with E-state index in [1.165, 1.54) is 0 Å². The van der Waals surface area contributed by atoms with E-state index < -0.39 is 11.1 Å². The van der Waals surface area contributed by atoms with Crippen molar-refractivity contribution in [3.8, 4) is 5.69 Å². The number of hydrogen-bond donors (Lipinski definition) is 0. The topological polar surface area (TPSA) is 75.5 Å². The predicted molar refractivity (Wildman–Crippen MR) is 134 cm³/mol. The molecule has 2 aliphatic rings. The number of aromatic nitrogens is 2. The van der Waals surface area contributed by atoms with Gasteiger partial charge in [0.2, 0.25) is 5.91 Å². The van der Waals surface area contributed by atoms with Gasteiger partial charge < -0.3 is 9.47 Å². The Morgan fingerprint density at radius 2 is 1.88 bits per heavy atom. The highest BCUT2D eigenvalue weighted by Crippen LogP contribution is 2.34.